The van der Waals surface area contributed by atoms with E-state index in [2.05, 4.69) is 19.2 Å². The number of benzene rings is 1. The average molecular weight is 281 g/mol. The largest absolute Gasteiger partial charge is 0.310 e. The summed E-state index contributed by atoms with van der Waals surface area (Å²) in [6.07, 6.45) is 5.19. The summed E-state index contributed by atoms with van der Waals surface area (Å²) in [5.41, 5.74) is 1.59. The van der Waals surface area contributed by atoms with E-state index in [9.17, 15) is 8.42 Å². The average Bonchev–Trinajstić information content (AvgIpc) is 2.33. The molecular formula is C15H23NO2S. The lowest BCUT2D eigenvalue weighted by molar-refractivity contribution is 0.152. The Morgan fingerprint density at radius 2 is 1.84 bits per heavy atom. The molecule has 2 rings (SSSR count). The molecule has 0 radical (unpaired) electrons. The van der Waals surface area contributed by atoms with Gasteiger partial charge in [-0.2, -0.15) is 0 Å². The first-order chi connectivity index (χ1) is 8.80. The van der Waals surface area contributed by atoms with Crippen molar-refractivity contribution in [3.63, 3.8) is 0 Å². The molecule has 106 valence electrons. The third-order valence-electron chi connectivity index (χ3n) is 4.20. The Morgan fingerprint density at radius 3 is 2.26 bits per heavy atom. The van der Waals surface area contributed by atoms with Gasteiger partial charge in [0.05, 0.1) is 4.90 Å². The molecule has 0 bridgehead atoms. The van der Waals surface area contributed by atoms with Crippen molar-refractivity contribution in [2.24, 2.45) is 5.41 Å². The normalized spacial score (nSPS) is 19.7. The van der Waals surface area contributed by atoms with E-state index in [1.807, 2.05) is 12.1 Å². The molecule has 0 saturated heterocycles. The molecule has 4 heteroatoms. The van der Waals surface area contributed by atoms with Gasteiger partial charge in [0.25, 0.3) is 0 Å². The zero-order valence-electron chi connectivity index (χ0n) is 11.9. The van der Waals surface area contributed by atoms with Crippen molar-refractivity contribution in [2.75, 3.05) is 12.8 Å². The summed E-state index contributed by atoms with van der Waals surface area (Å²) in [4.78, 5) is 0.384. The van der Waals surface area contributed by atoms with Crippen molar-refractivity contribution in [2.45, 2.75) is 44.0 Å². The van der Waals surface area contributed by atoms with E-state index in [0.29, 0.717) is 10.3 Å². The number of sulfone groups is 1. The van der Waals surface area contributed by atoms with E-state index in [1.54, 1.807) is 12.1 Å². The van der Waals surface area contributed by atoms with E-state index in [0.717, 1.165) is 12.1 Å². The van der Waals surface area contributed by atoms with Crippen molar-refractivity contribution < 1.29 is 8.42 Å². The smallest absolute Gasteiger partial charge is 0.175 e. The molecule has 0 aliphatic heterocycles. The molecule has 0 aromatic heterocycles. The molecular weight excluding hydrogens is 258 g/mol. The number of rotatable bonds is 5. The van der Waals surface area contributed by atoms with Crippen LogP contribution in [-0.4, -0.2) is 21.2 Å². The van der Waals surface area contributed by atoms with Crippen LogP contribution in [0.5, 0.6) is 0 Å². The van der Waals surface area contributed by atoms with Crippen LogP contribution in [-0.2, 0) is 9.84 Å². The minimum Gasteiger partial charge on any atom is -0.310 e. The zero-order valence-corrected chi connectivity index (χ0v) is 12.8. The summed E-state index contributed by atoms with van der Waals surface area (Å²) < 4.78 is 22.8. The lowest BCUT2D eigenvalue weighted by Gasteiger charge is -2.39. The fraction of sp³-hybridized carbons (Fsp3) is 0.600. The third-order valence-corrected chi connectivity index (χ3v) is 5.33. The van der Waals surface area contributed by atoms with Gasteiger partial charge in [-0.05, 0) is 42.9 Å². The molecule has 1 atom stereocenters. The van der Waals surface area contributed by atoms with Gasteiger partial charge >= 0.3 is 0 Å². The van der Waals surface area contributed by atoms with Gasteiger partial charge in [-0.1, -0.05) is 25.5 Å². The predicted octanol–water partition coefficient (Wildman–Crippen LogP) is 2.93. The first-order valence-electron chi connectivity index (χ1n) is 6.84. The van der Waals surface area contributed by atoms with Crippen molar-refractivity contribution in [3.05, 3.63) is 29.8 Å². The zero-order chi connectivity index (χ0) is 14.1. The van der Waals surface area contributed by atoms with E-state index < -0.39 is 9.84 Å². The fourth-order valence-corrected chi connectivity index (χ4v) is 3.11. The highest BCUT2D eigenvalue weighted by molar-refractivity contribution is 7.90. The summed E-state index contributed by atoms with van der Waals surface area (Å²) in [6, 6.07) is 7.43. The van der Waals surface area contributed by atoms with Crippen LogP contribution in [0.4, 0.5) is 0 Å². The van der Waals surface area contributed by atoms with Gasteiger partial charge in [0.1, 0.15) is 0 Å². The molecule has 1 aromatic carbocycles. The molecule has 1 aliphatic rings. The predicted molar refractivity (Wildman–Crippen MR) is 77.9 cm³/mol. The van der Waals surface area contributed by atoms with Crippen molar-refractivity contribution in [1.29, 1.82) is 0 Å². The molecule has 1 unspecified atom stereocenters. The van der Waals surface area contributed by atoms with Gasteiger partial charge in [0.15, 0.2) is 9.84 Å². The molecule has 3 nitrogen and oxygen atoms in total. The van der Waals surface area contributed by atoms with E-state index >= 15 is 0 Å². The lowest BCUT2D eigenvalue weighted by atomic mass is 9.70. The minimum atomic E-state index is -3.10. The summed E-state index contributed by atoms with van der Waals surface area (Å²) in [5, 5.41) is 3.55. The van der Waals surface area contributed by atoms with Gasteiger partial charge in [-0.15, -0.1) is 0 Å². The van der Waals surface area contributed by atoms with Gasteiger partial charge in [-0.3, -0.25) is 0 Å². The van der Waals surface area contributed by atoms with Crippen LogP contribution in [0.1, 0.15) is 44.7 Å². The number of nitrogens with one attached hydrogen (secondary N) is 1. The van der Waals surface area contributed by atoms with Gasteiger partial charge in [0, 0.05) is 18.8 Å². The standard InChI is InChI=1S/C15H23NO2S/c1-12(16-11-15(2)9-4-10-15)13-5-7-14(8-6-13)19(3,17)18/h5-8,12,16H,4,9-11H2,1-3H3. The van der Waals surface area contributed by atoms with Crippen molar-refractivity contribution in [3.8, 4) is 0 Å². The first kappa shape index (κ1) is 14.5. The fourth-order valence-electron chi connectivity index (χ4n) is 2.48. The third kappa shape index (κ3) is 3.57. The second kappa shape index (κ2) is 5.25. The Hall–Kier alpha value is -0.870. The quantitative estimate of drug-likeness (QED) is 0.902. The van der Waals surface area contributed by atoms with Crippen LogP contribution in [0.3, 0.4) is 0 Å². The number of hydrogen-bond acceptors (Lipinski definition) is 3. The summed E-state index contributed by atoms with van der Waals surface area (Å²) in [6.45, 7) is 5.47. The van der Waals surface area contributed by atoms with Crippen LogP contribution in [0.25, 0.3) is 0 Å². The second-order valence-electron chi connectivity index (χ2n) is 6.11. The Morgan fingerprint density at radius 1 is 1.26 bits per heavy atom. The van der Waals surface area contributed by atoms with Crippen LogP contribution in [0.2, 0.25) is 0 Å². The van der Waals surface area contributed by atoms with Crippen LogP contribution in [0, 0.1) is 5.41 Å². The second-order valence-corrected chi connectivity index (χ2v) is 8.12. The highest BCUT2D eigenvalue weighted by atomic mass is 32.2. The molecule has 0 heterocycles. The Bertz CT molecular complexity index is 530. The highest BCUT2D eigenvalue weighted by Crippen LogP contribution is 2.39. The molecule has 19 heavy (non-hydrogen) atoms. The van der Waals surface area contributed by atoms with Gasteiger partial charge in [0.2, 0.25) is 0 Å². The SMILES string of the molecule is CC(NCC1(C)CCC1)c1ccc(S(C)(=O)=O)cc1. The van der Waals surface area contributed by atoms with Crippen LogP contribution >= 0.6 is 0 Å². The van der Waals surface area contributed by atoms with Crippen molar-refractivity contribution in [1.82, 2.24) is 5.32 Å². The summed E-state index contributed by atoms with van der Waals surface area (Å²) in [7, 11) is -3.10. The topological polar surface area (TPSA) is 46.2 Å². The first-order valence-corrected chi connectivity index (χ1v) is 8.73. The van der Waals surface area contributed by atoms with Gasteiger partial charge < -0.3 is 5.32 Å². The van der Waals surface area contributed by atoms with Crippen LogP contribution in [0.15, 0.2) is 29.2 Å². The van der Waals surface area contributed by atoms with Crippen LogP contribution < -0.4 is 5.32 Å². The summed E-state index contributed by atoms with van der Waals surface area (Å²) >= 11 is 0. The molecule has 1 fully saturated rings. The van der Waals surface area contributed by atoms with E-state index in [1.165, 1.54) is 25.5 Å². The molecule has 0 spiro atoms. The molecule has 1 aliphatic carbocycles. The minimum absolute atomic E-state index is 0.256. The van der Waals surface area contributed by atoms with E-state index in [-0.39, 0.29) is 6.04 Å². The number of hydrogen-bond donors (Lipinski definition) is 1. The monoisotopic (exact) mass is 281 g/mol. The Labute approximate surface area is 116 Å². The maximum Gasteiger partial charge on any atom is 0.175 e. The molecule has 0 amide bonds. The maximum atomic E-state index is 11.4. The summed E-state index contributed by atoms with van der Waals surface area (Å²) in [5.74, 6) is 0. The highest BCUT2D eigenvalue weighted by Gasteiger charge is 2.31. The van der Waals surface area contributed by atoms with Crippen molar-refractivity contribution >= 4 is 9.84 Å². The Kier molecular flexibility index (Phi) is 4.02. The molecule has 1 N–H and O–H groups in total. The molecule has 1 aromatic rings. The Balaban J connectivity index is 1.97. The lowest BCUT2D eigenvalue weighted by Crippen LogP contribution is -2.38. The van der Waals surface area contributed by atoms with Gasteiger partial charge in [-0.25, -0.2) is 8.42 Å². The molecule has 1 saturated carbocycles. The maximum absolute atomic E-state index is 11.4. The van der Waals surface area contributed by atoms with E-state index in [4.69, 9.17) is 0 Å².